The van der Waals surface area contributed by atoms with Crippen LogP contribution in [0.25, 0.3) is 0 Å². The summed E-state index contributed by atoms with van der Waals surface area (Å²) < 4.78 is 22.1. The lowest BCUT2D eigenvalue weighted by molar-refractivity contribution is -0.383. The molecule has 0 saturated carbocycles. The minimum Gasteiger partial charge on any atom is -0.367 e. The molecule has 0 fully saturated rings. The highest BCUT2D eigenvalue weighted by atomic mass is 32.2. The number of hydrogen-bond acceptors (Lipinski definition) is 8. The molecule has 0 spiro atoms. The van der Waals surface area contributed by atoms with E-state index in [2.05, 4.69) is 20.6 Å². The van der Waals surface area contributed by atoms with Crippen molar-refractivity contribution in [2.24, 2.45) is 0 Å². The molecular weight excluding hydrogens is 286 g/mol. The van der Waals surface area contributed by atoms with Gasteiger partial charge in [0.15, 0.2) is 9.84 Å². The average molecular weight is 303 g/mol. The van der Waals surface area contributed by atoms with E-state index in [1.807, 2.05) is 0 Å². The highest BCUT2D eigenvalue weighted by molar-refractivity contribution is 7.92. The number of sulfone groups is 1. The second kappa shape index (κ2) is 5.57. The van der Waals surface area contributed by atoms with Crippen molar-refractivity contribution >= 4 is 27.2 Å². The molecule has 1 aromatic heterocycles. The number of rotatable bonds is 6. The van der Waals surface area contributed by atoms with E-state index in [1.165, 1.54) is 20.9 Å². The monoisotopic (exact) mass is 303 g/mol. The van der Waals surface area contributed by atoms with E-state index in [4.69, 9.17) is 0 Å². The summed E-state index contributed by atoms with van der Waals surface area (Å²) in [6.07, 6.45) is 2.27. The second-order valence-corrected chi connectivity index (χ2v) is 7.46. The first-order chi connectivity index (χ1) is 9.10. The van der Waals surface area contributed by atoms with E-state index in [-0.39, 0.29) is 23.9 Å². The van der Waals surface area contributed by atoms with Crippen molar-refractivity contribution in [3.8, 4) is 0 Å². The largest absolute Gasteiger partial charge is 0.367 e. The van der Waals surface area contributed by atoms with Crippen LogP contribution in [0.5, 0.6) is 0 Å². The summed E-state index contributed by atoms with van der Waals surface area (Å²) in [6.45, 7) is 3.05. The zero-order valence-corrected chi connectivity index (χ0v) is 12.5. The van der Waals surface area contributed by atoms with Crippen molar-refractivity contribution in [3.05, 3.63) is 16.4 Å². The van der Waals surface area contributed by atoms with Gasteiger partial charge in [-0.3, -0.25) is 10.1 Å². The quantitative estimate of drug-likeness (QED) is 0.579. The summed E-state index contributed by atoms with van der Waals surface area (Å²) in [6, 6.07) is 0. The minimum atomic E-state index is -3.31. The fourth-order valence-electron chi connectivity index (χ4n) is 1.29. The minimum absolute atomic E-state index is 0.00710. The Kier molecular flexibility index (Phi) is 4.48. The van der Waals surface area contributed by atoms with Crippen LogP contribution in [0.3, 0.4) is 0 Å². The predicted molar refractivity (Wildman–Crippen MR) is 75.6 cm³/mol. The van der Waals surface area contributed by atoms with Crippen LogP contribution in [-0.2, 0) is 9.84 Å². The van der Waals surface area contributed by atoms with E-state index in [0.29, 0.717) is 0 Å². The molecule has 1 aromatic rings. The standard InChI is InChI=1S/C10H17N5O4S/c1-10(2,20(4,18)19)5-12-9-7(15(16)17)8(11-3)13-6-14-9/h6H,5H2,1-4H3,(H2,11,12,13,14). The SMILES string of the molecule is CNc1ncnc(NCC(C)(C)S(C)(=O)=O)c1[N+](=O)[O-]. The molecule has 0 saturated heterocycles. The number of hydrogen-bond donors (Lipinski definition) is 2. The van der Waals surface area contributed by atoms with Gasteiger partial charge in [0, 0.05) is 19.8 Å². The summed E-state index contributed by atoms with van der Waals surface area (Å²) in [5.41, 5.74) is -0.320. The van der Waals surface area contributed by atoms with E-state index in [9.17, 15) is 18.5 Å². The van der Waals surface area contributed by atoms with Gasteiger partial charge in [-0.2, -0.15) is 0 Å². The molecule has 0 aliphatic heterocycles. The van der Waals surface area contributed by atoms with Gasteiger partial charge in [-0.1, -0.05) is 0 Å². The molecule has 20 heavy (non-hydrogen) atoms. The average Bonchev–Trinajstić information content (AvgIpc) is 2.34. The first-order valence-corrected chi connectivity index (χ1v) is 7.60. The first-order valence-electron chi connectivity index (χ1n) is 5.71. The molecule has 0 amide bonds. The van der Waals surface area contributed by atoms with Crippen LogP contribution in [0, 0.1) is 10.1 Å². The van der Waals surface area contributed by atoms with Gasteiger partial charge in [-0.05, 0) is 13.8 Å². The third kappa shape index (κ3) is 3.32. The van der Waals surface area contributed by atoms with E-state index >= 15 is 0 Å². The van der Waals surface area contributed by atoms with Crippen molar-refractivity contribution in [2.45, 2.75) is 18.6 Å². The number of anilines is 2. The van der Waals surface area contributed by atoms with Gasteiger partial charge in [0.2, 0.25) is 11.6 Å². The van der Waals surface area contributed by atoms with Crippen molar-refractivity contribution in [1.29, 1.82) is 0 Å². The first kappa shape index (κ1) is 16.1. The summed E-state index contributed by atoms with van der Waals surface area (Å²) in [5, 5.41) is 16.3. The summed E-state index contributed by atoms with van der Waals surface area (Å²) in [7, 11) is -1.81. The number of nitrogens with zero attached hydrogens (tertiary/aromatic N) is 3. The van der Waals surface area contributed by atoms with Gasteiger partial charge in [0.05, 0.1) is 9.67 Å². The molecule has 2 N–H and O–H groups in total. The smallest absolute Gasteiger partial charge is 0.353 e. The van der Waals surface area contributed by atoms with E-state index in [1.54, 1.807) is 0 Å². The highest BCUT2D eigenvalue weighted by Gasteiger charge is 2.31. The maximum absolute atomic E-state index is 11.6. The third-order valence-electron chi connectivity index (χ3n) is 2.93. The Morgan fingerprint density at radius 2 is 1.90 bits per heavy atom. The summed E-state index contributed by atoms with van der Waals surface area (Å²) >= 11 is 0. The van der Waals surface area contributed by atoms with Crippen LogP contribution in [0.4, 0.5) is 17.3 Å². The predicted octanol–water partition coefficient (Wildman–Crippen LogP) is 0.662. The molecular formula is C10H17N5O4S. The fraction of sp³-hybridized carbons (Fsp3) is 0.600. The molecule has 0 aliphatic rings. The number of aromatic nitrogens is 2. The van der Waals surface area contributed by atoms with Crippen LogP contribution in [0.1, 0.15) is 13.8 Å². The molecule has 112 valence electrons. The summed E-state index contributed by atoms with van der Waals surface area (Å²) in [5.74, 6) is 0.0377. The van der Waals surface area contributed by atoms with Crippen molar-refractivity contribution in [1.82, 2.24) is 9.97 Å². The molecule has 0 unspecified atom stereocenters. The zero-order chi connectivity index (χ0) is 15.6. The lowest BCUT2D eigenvalue weighted by atomic mass is 10.2. The Labute approximate surface area is 116 Å². The normalized spacial score (nSPS) is 12.0. The summed E-state index contributed by atoms with van der Waals surface area (Å²) in [4.78, 5) is 18.0. The van der Waals surface area contributed by atoms with Crippen molar-refractivity contribution in [2.75, 3.05) is 30.5 Å². The topological polar surface area (TPSA) is 127 Å². The van der Waals surface area contributed by atoms with E-state index in [0.717, 1.165) is 12.6 Å². The van der Waals surface area contributed by atoms with Crippen LogP contribution < -0.4 is 10.6 Å². The lowest BCUT2D eigenvalue weighted by Gasteiger charge is -2.22. The Balaban J connectivity index is 3.08. The molecule has 0 aliphatic carbocycles. The second-order valence-electron chi connectivity index (χ2n) is 4.81. The molecule has 0 atom stereocenters. The van der Waals surface area contributed by atoms with Crippen LogP contribution in [0.2, 0.25) is 0 Å². The van der Waals surface area contributed by atoms with Gasteiger partial charge < -0.3 is 10.6 Å². The molecule has 1 heterocycles. The van der Waals surface area contributed by atoms with Gasteiger partial charge in [-0.15, -0.1) is 0 Å². The maximum atomic E-state index is 11.6. The molecule has 10 heteroatoms. The van der Waals surface area contributed by atoms with Crippen molar-refractivity contribution < 1.29 is 13.3 Å². The van der Waals surface area contributed by atoms with Crippen LogP contribution in [0.15, 0.2) is 6.33 Å². The van der Waals surface area contributed by atoms with Gasteiger partial charge in [0.25, 0.3) is 0 Å². The Morgan fingerprint density at radius 3 is 2.35 bits per heavy atom. The molecule has 0 radical (unpaired) electrons. The number of nitrogens with one attached hydrogen (secondary N) is 2. The fourth-order valence-corrected chi connectivity index (χ4v) is 1.63. The molecule has 9 nitrogen and oxygen atoms in total. The Morgan fingerprint density at radius 1 is 1.35 bits per heavy atom. The highest BCUT2D eigenvalue weighted by Crippen LogP contribution is 2.29. The molecule has 1 rings (SSSR count). The number of nitro groups is 1. The maximum Gasteiger partial charge on any atom is 0.353 e. The van der Waals surface area contributed by atoms with Gasteiger partial charge in [0.1, 0.15) is 6.33 Å². The van der Waals surface area contributed by atoms with Crippen LogP contribution >= 0.6 is 0 Å². The third-order valence-corrected chi connectivity index (χ3v) is 5.08. The van der Waals surface area contributed by atoms with Crippen LogP contribution in [-0.4, -0.2) is 47.9 Å². The molecule has 0 bridgehead atoms. The Bertz CT molecular complexity index is 614. The van der Waals surface area contributed by atoms with Gasteiger partial charge in [-0.25, -0.2) is 18.4 Å². The zero-order valence-electron chi connectivity index (χ0n) is 11.7. The molecule has 0 aromatic carbocycles. The Hall–Kier alpha value is -1.97. The van der Waals surface area contributed by atoms with Crippen molar-refractivity contribution in [3.63, 3.8) is 0 Å². The lowest BCUT2D eigenvalue weighted by Crippen LogP contribution is -2.38. The van der Waals surface area contributed by atoms with Gasteiger partial charge >= 0.3 is 5.69 Å². The van der Waals surface area contributed by atoms with E-state index < -0.39 is 19.5 Å².